The van der Waals surface area contributed by atoms with Gasteiger partial charge in [0, 0.05) is 6.04 Å². The Morgan fingerprint density at radius 2 is 2.00 bits per heavy atom. The van der Waals surface area contributed by atoms with E-state index >= 15 is 0 Å². The summed E-state index contributed by atoms with van der Waals surface area (Å²) in [7, 11) is 0. The summed E-state index contributed by atoms with van der Waals surface area (Å²) >= 11 is 2.06. The third-order valence-electron chi connectivity index (χ3n) is 3.75. The molecule has 0 bridgehead atoms. The molecule has 2 unspecified atom stereocenters. The largest absolute Gasteiger partial charge is 0.314 e. The van der Waals surface area contributed by atoms with E-state index in [-0.39, 0.29) is 0 Å². The molecule has 1 fully saturated rings. The molecule has 2 atom stereocenters. The molecule has 96 valence electrons. The summed E-state index contributed by atoms with van der Waals surface area (Å²) in [6.07, 6.45) is 7.07. The highest BCUT2D eigenvalue weighted by atomic mass is 32.2. The molecule has 1 aliphatic rings. The molecule has 0 aromatic carbocycles. The van der Waals surface area contributed by atoms with E-state index in [9.17, 15) is 0 Å². The normalized spacial score (nSPS) is 26.2. The molecule has 0 amide bonds. The van der Waals surface area contributed by atoms with Gasteiger partial charge in [-0.25, -0.2) is 0 Å². The molecule has 0 saturated heterocycles. The lowest BCUT2D eigenvalue weighted by molar-refractivity contribution is 0.206. The zero-order chi connectivity index (χ0) is 11.8. The summed E-state index contributed by atoms with van der Waals surface area (Å²) in [4.78, 5) is 0. The van der Waals surface area contributed by atoms with E-state index in [1.807, 2.05) is 0 Å². The van der Waals surface area contributed by atoms with E-state index < -0.39 is 0 Å². The average Bonchev–Trinajstić information content (AvgIpc) is 2.29. The number of hydrogen-bond donors (Lipinski definition) is 1. The molecule has 0 radical (unpaired) electrons. The highest BCUT2D eigenvalue weighted by molar-refractivity contribution is 7.99. The Labute approximate surface area is 106 Å². The van der Waals surface area contributed by atoms with Crippen LogP contribution in [0, 0.1) is 11.8 Å². The van der Waals surface area contributed by atoms with Gasteiger partial charge in [-0.15, -0.1) is 0 Å². The number of hydrogen-bond acceptors (Lipinski definition) is 2. The summed E-state index contributed by atoms with van der Waals surface area (Å²) in [6, 6.07) is 0.806. The molecule has 0 aromatic rings. The molecule has 1 rings (SSSR count). The zero-order valence-corrected chi connectivity index (χ0v) is 12.1. The first-order chi connectivity index (χ1) is 7.75. The fraction of sp³-hybridized carbons (Fsp3) is 1.00. The standard InChI is InChI=1S/C14H29NS/c1-4-16-11-7-10-15-14-9-6-5-8-13(14)12(2)3/h12-15H,4-11H2,1-3H3. The minimum Gasteiger partial charge on any atom is -0.314 e. The Morgan fingerprint density at radius 1 is 1.25 bits per heavy atom. The lowest BCUT2D eigenvalue weighted by atomic mass is 9.78. The maximum atomic E-state index is 3.80. The minimum atomic E-state index is 0.806. The molecule has 1 nitrogen and oxygen atoms in total. The molecule has 0 heterocycles. The fourth-order valence-corrected chi connectivity index (χ4v) is 3.45. The highest BCUT2D eigenvalue weighted by Gasteiger charge is 2.26. The first-order valence-corrected chi connectivity index (χ1v) is 8.22. The van der Waals surface area contributed by atoms with Crippen LogP contribution in [-0.2, 0) is 0 Å². The zero-order valence-electron chi connectivity index (χ0n) is 11.3. The molecular formula is C14H29NS. The number of rotatable bonds is 7. The summed E-state index contributed by atoms with van der Waals surface area (Å²) < 4.78 is 0. The molecule has 0 spiro atoms. The van der Waals surface area contributed by atoms with Crippen LogP contribution in [0.4, 0.5) is 0 Å². The van der Waals surface area contributed by atoms with Crippen LogP contribution >= 0.6 is 11.8 Å². The van der Waals surface area contributed by atoms with Gasteiger partial charge in [-0.05, 0) is 49.1 Å². The van der Waals surface area contributed by atoms with Gasteiger partial charge >= 0.3 is 0 Å². The van der Waals surface area contributed by atoms with Crippen LogP contribution in [0.15, 0.2) is 0 Å². The summed E-state index contributed by atoms with van der Waals surface area (Å²) in [5.74, 6) is 4.36. The van der Waals surface area contributed by atoms with Gasteiger partial charge in [-0.2, -0.15) is 11.8 Å². The Kier molecular flexibility index (Phi) is 7.55. The second-order valence-electron chi connectivity index (χ2n) is 5.30. The van der Waals surface area contributed by atoms with Crippen molar-refractivity contribution in [2.24, 2.45) is 11.8 Å². The summed E-state index contributed by atoms with van der Waals surface area (Å²) in [5, 5.41) is 3.80. The maximum Gasteiger partial charge on any atom is 0.00977 e. The molecule has 1 aliphatic carbocycles. The Hall–Kier alpha value is 0.310. The second-order valence-corrected chi connectivity index (χ2v) is 6.70. The Balaban J connectivity index is 2.17. The number of nitrogens with one attached hydrogen (secondary N) is 1. The Morgan fingerprint density at radius 3 is 2.69 bits per heavy atom. The highest BCUT2D eigenvalue weighted by Crippen LogP contribution is 2.30. The first-order valence-electron chi connectivity index (χ1n) is 7.06. The fourth-order valence-electron chi connectivity index (χ4n) is 2.82. The van der Waals surface area contributed by atoms with Crippen molar-refractivity contribution in [3.05, 3.63) is 0 Å². The molecule has 1 saturated carbocycles. The smallest absolute Gasteiger partial charge is 0.00977 e. The van der Waals surface area contributed by atoms with E-state index in [0.29, 0.717) is 0 Å². The quantitative estimate of drug-likeness (QED) is 0.680. The third-order valence-corrected chi connectivity index (χ3v) is 4.74. The van der Waals surface area contributed by atoms with Gasteiger partial charge in [0.15, 0.2) is 0 Å². The van der Waals surface area contributed by atoms with E-state index in [1.165, 1.54) is 50.2 Å². The van der Waals surface area contributed by atoms with E-state index in [0.717, 1.165) is 17.9 Å². The average molecular weight is 243 g/mol. The monoisotopic (exact) mass is 243 g/mol. The first kappa shape index (κ1) is 14.4. The second kappa shape index (κ2) is 8.41. The van der Waals surface area contributed by atoms with Gasteiger partial charge in [0.25, 0.3) is 0 Å². The molecule has 0 aromatic heterocycles. The van der Waals surface area contributed by atoms with Gasteiger partial charge in [0.2, 0.25) is 0 Å². The van der Waals surface area contributed by atoms with Crippen LogP contribution in [0.25, 0.3) is 0 Å². The van der Waals surface area contributed by atoms with Gasteiger partial charge in [-0.3, -0.25) is 0 Å². The predicted molar refractivity (Wildman–Crippen MR) is 76.2 cm³/mol. The van der Waals surface area contributed by atoms with Gasteiger partial charge in [0.1, 0.15) is 0 Å². The van der Waals surface area contributed by atoms with Gasteiger partial charge < -0.3 is 5.32 Å². The van der Waals surface area contributed by atoms with Crippen molar-refractivity contribution >= 4 is 11.8 Å². The van der Waals surface area contributed by atoms with Crippen molar-refractivity contribution in [1.29, 1.82) is 0 Å². The van der Waals surface area contributed by atoms with Crippen LogP contribution in [0.1, 0.15) is 52.9 Å². The van der Waals surface area contributed by atoms with Gasteiger partial charge in [0.05, 0.1) is 0 Å². The maximum absolute atomic E-state index is 3.80. The van der Waals surface area contributed by atoms with E-state index in [2.05, 4.69) is 37.8 Å². The lowest BCUT2D eigenvalue weighted by Crippen LogP contribution is -2.41. The topological polar surface area (TPSA) is 12.0 Å². The van der Waals surface area contributed by atoms with Crippen molar-refractivity contribution in [1.82, 2.24) is 5.32 Å². The van der Waals surface area contributed by atoms with E-state index in [4.69, 9.17) is 0 Å². The van der Waals surface area contributed by atoms with Crippen LogP contribution in [0.5, 0.6) is 0 Å². The van der Waals surface area contributed by atoms with E-state index in [1.54, 1.807) is 0 Å². The van der Waals surface area contributed by atoms with Crippen LogP contribution in [-0.4, -0.2) is 24.1 Å². The molecule has 0 aliphatic heterocycles. The van der Waals surface area contributed by atoms with Crippen LogP contribution in [0.3, 0.4) is 0 Å². The van der Waals surface area contributed by atoms with Crippen molar-refractivity contribution in [3.8, 4) is 0 Å². The van der Waals surface area contributed by atoms with Crippen molar-refractivity contribution in [3.63, 3.8) is 0 Å². The van der Waals surface area contributed by atoms with Crippen molar-refractivity contribution in [2.75, 3.05) is 18.1 Å². The number of thioether (sulfide) groups is 1. The molecular weight excluding hydrogens is 214 g/mol. The van der Waals surface area contributed by atoms with Crippen molar-refractivity contribution in [2.45, 2.75) is 58.9 Å². The SMILES string of the molecule is CCSCCCNC1CCCCC1C(C)C. The summed E-state index contributed by atoms with van der Waals surface area (Å²) in [5.41, 5.74) is 0. The third kappa shape index (κ3) is 5.09. The van der Waals surface area contributed by atoms with Gasteiger partial charge in [-0.1, -0.05) is 33.6 Å². The molecule has 2 heteroatoms. The van der Waals surface area contributed by atoms with Crippen LogP contribution in [0.2, 0.25) is 0 Å². The molecule has 1 N–H and O–H groups in total. The lowest BCUT2D eigenvalue weighted by Gasteiger charge is -2.35. The summed E-state index contributed by atoms with van der Waals surface area (Å²) in [6.45, 7) is 8.24. The predicted octanol–water partition coefficient (Wildman–Crippen LogP) is 3.93. The van der Waals surface area contributed by atoms with Crippen LogP contribution < -0.4 is 5.32 Å². The van der Waals surface area contributed by atoms with Crippen molar-refractivity contribution < 1.29 is 0 Å². The molecule has 16 heavy (non-hydrogen) atoms. The minimum absolute atomic E-state index is 0.806. The Bertz CT molecular complexity index is 170.